The normalized spacial score (nSPS) is 17.9. The maximum absolute atomic E-state index is 13.3. The number of aliphatic hydroxyl groups is 1. The maximum atomic E-state index is 13.3. The summed E-state index contributed by atoms with van der Waals surface area (Å²) in [5.41, 5.74) is 12.1. The number of nitrogens with two attached hydrogens (primary N) is 2. The van der Waals surface area contributed by atoms with Gasteiger partial charge in [-0.2, -0.15) is 0 Å². The third-order valence-electron chi connectivity index (χ3n) is 5.56. The van der Waals surface area contributed by atoms with Gasteiger partial charge < -0.3 is 37.2 Å². The number of hydrogen-bond donors (Lipinski definition) is 6. The zero-order valence-corrected chi connectivity index (χ0v) is 18.7. The van der Waals surface area contributed by atoms with Crippen molar-refractivity contribution in [2.45, 2.75) is 56.3 Å². The van der Waals surface area contributed by atoms with Gasteiger partial charge in [-0.1, -0.05) is 30.3 Å². The van der Waals surface area contributed by atoms with Crippen LogP contribution in [0.1, 0.15) is 31.2 Å². The molecule has 0 bridgehead atoms. The number of nitrogens with zero attached hydrogens (tertiary/aromatic N) is 1. The van der Waals surface area contributed by atoms with Gasteiger partial charge in [0.1, 0.15) is 18.1 Å². The van der Waals surface area contributed by atoms with Crippen molar-refractivity contribution in [2.75, 3.05) is 13.2 Å². The molecular formula is C22H31N5O7. The molecule has 8 N–H and O–H groups in total. The quantitative estimate of drug-likeness (QED) is 0.195. The van der Waals surface area contributed by atoms with Gasteiger partial charge in [0.2, 0.25) is 23.6 Å². The highest BCUT2D eigenvalue weighted by atomic mass is 16.4. The van der Waals surface area contributed by atoms with E-state index >= 15 is 0 Å². The number of amides is 4. The van der Waals surface area contributed by atoms with Crippen molar-refractivity contribution in [1.29, 1.82) is 0 Å². The average molecular weight is 478 g/mol. The Morgan fingerprint density at radius 3 is 2.35 bits per heavy atom. The first kappa shape index (κ1) is 26.7. The number of carbonyl (C=O) groups is 5. The molecule has 12 nitrogen and oxygen atoms in total. The summed E-state index contributed by atoms with van der Waals surface area (Å²) in [6, 6.07) is 4.48. The largest absolute Gasteiger partial charge is 0.480 e. The number of nitrogens with one attached hydrogen (secondary N) is 2. The summed E-state index contributed by atoms with van der Waals surface area (Å²) in [7, 11) is 0. The van der Waals surface area contributed by atoms with Crippen molar-refractivity contribution in [3.05, 3.63) is 35.9 Å². The first-order valence-corrected chi connectivity index (χ1v) is 11.0. The van der Waals surface area contributed by atoms with E-state index in [9.17, 15) is 24.0 Å². The Hall–Kier alpha value is -3.51. The van der Waals surface area contributed by atoms with Crippen molar-refractivity contribution < 1.29 is 34.2 Å². The summed E-state index contributed by atoms with van der Waals surface area (Å²) in [4.78, 5) is 62.2. The van der Waals surface area contributed by atoms with E-state index in [4.69, 9.17) is 21.7 Å². The molecule has 34 heavy (non-hydrogen) atoms. The molecule has 4 unspecified atom stereocenters. The molecule has 1 aliphatic heterocycles. The van der Waals surface area contributed by atoms with E-state index in [0.717, 1.165) is 5.56 Å². The van der Waals surface area contributed by atoms with Gasteiger partial charge in [0.15, 0.2) is 0 Å². The Balaban J connectivity index is 2.11. The molecule has 2 rings (SSSR count). The summed E-state index contributed by atoms with van der Waals surface area (Å²) in [6.45, 7) is -0.606. The lowest BCUT2D eigenvalue weighted by atomic mass is 10.0. The fraction of sp³-hybridized carbons (Fsp3) is 0.500. The lowest BCUT2D eigenvalue weighted by Crippen LogP contribution is -2.57. The molecule has 4 atom stereocenters. The zero-order valence-electron chi connectivity index (χ0n) is 18.7. The molecule has 0 aliphatic carbocycles. The van der Waals surface area contributed by atoms with E-state index < -0.39 is 60.4 Å². The van der Waals surface area contributed by atoms with Gasteiger partial charge in [-0.25, -0.2) is 4.79 Å². The lowest BCUT2D eigenvalue weighted by Gasteiger charge is -2.29. The van der Waals surface area contributed by atoms with Gasteiger partial charge in [-0.3, -0.25) is 19.2 Å². The Labute approximate surface area is 196 Å². The van der Waals surface area contributed by atoms with Gasteiger partial charge in [0, 0.05) is 13.0 Å². The second-order valence-corrected chi connectivity index (χ2v) is 8.13. The molecule has 1 saturated heterocycles. The molecule has 0 saturated carbocycles. The van der Waals surface area contributed by atoms with Crippen LogP contribution in [-0.4, -0.2) is 82.0 Å². The summed E-state index contributed by atoms with van der Waals surface area (Å²) >= 11 is 0. The molecule has 0 aromatic heterocycles. The smallest absolute Gasteiger partial charge is 0.328 e. The molecule has 0 radical (unpaired) electrons. The van der Waals surface area contributed by atoms with E-state index in [1.807, 2.05) is 30.3 Å². The van der Waals surface area contributed by atoms with Crippen LogP contribution >= 0.6 is 0 Å². The molecule has 1 aromatic rings. The Morgan fingerprint density at radius 1 is 1.09 bits per heavy atom. The van der Waals surface area contributed by atoms with E-state index in [2.05, 4.69) is 10.6 Å². The second-order valence-electron chi connectivity index (χ2n) is 8.13. The van der Waals surface area contributed by atoms with Gasteiger partial charge >= 0.3 is 5.97 Å². The Kier molecular flexibility index (Phi) is 9.95. The molecule has 1 fully saturated rings. The van der Waals surface area contributed by atoms with Crippen molar-refractivity contribution in [2.24, 2.45) is 11.5 Å². The van der Waals surface area contributed by atoms with Crippen molar-refractivity contribution in [3.63, 3.8) is 0 Å². The predicted octanol–water partition coefficient (Wildman–Crippen LogP) is -2.14. The van der Waals surface area contributed by atoms with Crippen molar-refractivity contribution in [1.82, 2.24) is 15.5 Å². The van der Waals surface area contributed by atoms with Crippen molar-refractivity contribution >= 4 is 29.6 Å². The topological polar surface area (TPSA) is 205 Å². The van der Waals surface area contributed by atoms with Crippen LogP contribution in [0.5, 0.6) is 0 Å². The van der Waals surface area contributed by atoms with E-state index in [-0.39, 0.29) is 32.2 Å². The second kappa shape index (κ2) is 12.7. The number of carboxylic acids is 1. The molecular weight excluding hydrogens is 446 g/mol. The number of hydrogen-bond acceptors (Lipinski definition) is 7. The molecule has 0 spiro atoms. The molecule has 12 heteroatoms. The average Bonchev–Trinajstić information content (AvgIpc) is 3.29. The first-order valence-electron chi connectivity index (χ1n) is 11.0. The summed E-state index contributed by atoms with van der Waals surface area (Å²) in [6.07, 6.45) is 0.720. The number of carbonyl (C=O) groups excluding carboxylic acids is 4. The minimum absolute atomic E-state index is 0.0861. The van der Waals surface area contributed by atoms with Crippen LogP contribution in [0.2, 0.25) is 0 Å². The van der Waals surface area contributed by atoms with Gasteiger partial charge in [0.25, 0.3) is 0 Å². The highest BCUT2D eigenvalue weighted by Crippen LogP contribution is 2.20. The molecule has 1 aliphatic rings. The minimum Gasteiger partial charge on any atom is -0.480 e. The highest BCUT2D eigenvalue weighted by molar-refractivity contribution is 5.94. The lowest BCUT2D eigenvalue weighted by molar-refractivity contribution is -0.145. The number of likely N-dealkylation sites (tertiary alicyclic amines) is 1. The highest BCUT2D eigenvalue weighted by Gasteiger charge is 2.39. The molecule has 1 heterocycles. The minimum atomic E-state index is -1.51. The summed E-state index contributed by atoms with van der Waals surface area (Å²) in [5.74, 6) is -4.00. The Bertz CT molecular complexity index is 895. The van der Waals surface area contributed by atoms with Gasteiger partial charge in [-0.15, -0.1) is 0 Å². The third-order valence-corrected chi connectivity index (χ3v) is 5.56. The van der Waals surface area contributed by atoms with Crippen LogP contribution in [0, 0.1) is 0 Å². The van der Waals surface area contributed by atoms with Crippen molar-refractivity contribution in [3.8, 4) is 0 Å². The zero-order chi connectivity index (χ0) is 25.3. The van der Waals surface area contributed by atoms with Gasteiger partial charge in [0.05, 0.1) is 12.6 Å². The van der Waals surface area contributed by atoms with Crippen LogP contribution in [0.25, 0.3) is 0 Å². The number of primary amides is 1. The van der Waals surface area contributed by atoms with Gasteiger partial charge in [-0.05, 0) is 31.2 Å². The molecule has 4 amide bonds. The van der Waals surface area contributed by atoms with E-state index in [0.29, 0.717) is 6.42 Å². The number of benzene rings is 1. The van der Waals surface area contributed by atoms with Crippen LogP contribution in [0.3, 0.4) is 0 Å². The fourth-order valence-electron chi connectivity index (χ4n) is 3.74. The van der Waals surface area contributed by atoms with Crippen LogP contribution < -0.4 is 22.1 Å². The maximum Gasteiger partial charge on any atom is 0.328 e. The summed E-state index contributed by atoms with van der Waals surface area (Å²) < 4.78 is 0. The first-order chi connectivity index (χ1) is 16.1. The standard InChI is InChI=1S/C22H31N5O7/c23-14(11-13-5-2-1-3-6-13)19(30)25-15(8-9-18(24)29)21(32)27-10-4-7-17(27)20(31)26-16(12-28)22(33)34/h1-3,5-6,14-17,28H,4,7-12,23H2,(H2,24,29)(H,25,30)(H,26,31)(H,33,34). The van der Waals surface area contributed by atoms with E-state index in [1.54, 1.807) is 0 Å². The third kappa shape index (κ3) is 7.52. The molecule has 186 valence electrons. The number of rotatable bonds is 12. The SMILES string of the molecule is NC(=O)CCC(NC(=O)C(N)Cc1ccccc1)C(=O)N1CCCC1C(=O)NC(CO)C(=O)O. The van der Waals surface area contributed by atoms with E-state index in [1.165, 1.54) is 4.90 Å². The Morgan fingerprint density at radius 2 is 1.76 bits per heavy atom. The number of aliphatic hydroxyl groups excluding tert-OH is 1. The van der Waals surface area contributed by atoms with Crippen LogP contribution in [0.4, 0.5) is 0 Å². The number of carboxylic acid groups (broad SMARTS) is 1. The van der Waals surface area contributed by atoms with Crippen LogP contribution in [-0.2, 0) is 30.4 Å². The predicted molar refractivity (Wildman–Crippen MR) is 120 cm³/mol. The van der Waals surface area contributed by atoms with Crippen LogP contribution in [0.15, 0.2) is 30.3 Å². The summed E-state index contributed by atoms with van der Waals surface area (Å²) in [5, 5.41) is 23.0. The number of aliphatic carboxylic acids is 1. The molecule has 1 aromatic carbocycles. The fourth-order valence-corrected chi connectivity index (χ4v) is 3.74. The monoisotopic (exact) mass is 477 g/mol.